The highest BCUT2D eigenvalue weighted by atomic mass is 16.3. The average Bonchev–Trinajstić information content (AvgIpc) is 3.90. The Labute approximate surface area is 353 Å². The van der Waals surface area contributed by atoms with Gasteiger partial charge in [-0.2, -0.15) is 0 Å². The van der Waals surface area contributed by atoms with E-state index in [9.17, 15) is 0 Å². The molecule has 0 saturated heterocycles. The highest BCUT2D eigenvalue weighted by molar-refractivity contribution is 6.11. The van der Waals surface area contributed by atoms with Crippen LogP contribution < -0.4 is 4.90 Å². The Morgan fingerprint density at radius 1 is 0.262 bits per heavy atom. The number of hydrogen-bond acceptors (Lipinski definition) is 3. The fourth-order valence-electron chi connectivity index (χ4n) is 9.05. The lowest BCUT2D eigenvalue weighted by Crippen LogP contribution is -2.09. The van der Waals surface area contributed by atoms with Crippen molar-refractivity contribution in [3.05, 3.63) is 224 Å². The first kappa shape index (κ1) is 34.9. The standard InChI is InChI=1S/C58H37NO2/c1-2-10-41(11-3-1)50-17-9-18-53-54-36-43(27-35-56(54)61-58(50)53)38-20-28-45(29-21-38)59(47-32-24-42(25-33-47)49-16-8-13-40-12-4-5-14-48(40)49)46-30-22-39(23-31-46)44-26-34-52-51-15-6-7-19-55(51)60-57(52)37-44/h1-37H. The predicted octanol–water partition coefficient (Wildman–Crippen LogP) is 16.8. The number of hydrogen-bond donors (Lipinski definition) is 0. The molecule has 0 radical (unpaired) electrons. The van der Waals surface area contributed by atoms with Crippen molar-refractivity contribution in [3.8, 4) is 44.5 Å². The van der Waals surface area contributed by atoms with Gasteiger partial charge in [0.05, 0.1) is 0 Å². The van der Waals surface area contributed by atoms with E-state index in [1.54, 1.807) is 0 Å². The van der Waals surface area contributed by atoms with Crippen molar-refractivity contribution in [3.63, 3.8) is 0 Å². The molecule has 0 aliphatic heterocycles. The van der Waals surface area contributed by atoms with Crippen LogP contribution in [-0.2, 0) is 0 Å². The molecule has 286 valence electrons. The number of para-hydroxylation sites is 2. The lowest BCUT2D eigenvalue weighted by atomic mass is 9.98. The number of fused-ring (bicyclic) bond motifs is 7. The van der Waals surface area contributed by atoms with Crippen LogP contribution >= 0.6 is 0 Å². The van der Waals surface area contributed by atoms with Crippen molar-refractivity contribution in [2.75, 3.05) is 4.90 Å². The minimum absolute atomic E-state index is 0.887. The fraction of sp³-hybridized carbons (Fsp3) is 0. The molecule has 2 aromatic heterocycles. The smallest absolute Gasteiger partial charge is 0.143 e. The summed E-state index contributed by atoms with van der Waals surface area (Å²) in [5.74, 6) is 0. The summed E-state index contributed by atoms with van der Waals surface area (Å²) < 4.78 is 12.7. The predicted molar refractivity (Wildman–Crippen MR) is 255 cm³/mol. The lowest BCUT2D eigenvalue weighted by Gasteiger charge is -2.26. The van der Waals surface area contributed by atoms with Gasteiger partial charge >= 0.3 is 0 Å². The summed E-state index contributed by atoms with van der Waals surface area (Å²) in [5, 5.41) is 6.99. The summed E-state index contributed by atoms with van der Waals surface area (Å²) in [7, 11) is 0. The quantitative estimate of drug-likeness (QED) is 0.161. The van der Waals surface area contributed by atoms with Crippen molar-refractivity contribution in [1.82, 2.24) is 0 Å². The number of benzene rings is 10. The van der Waals surface area contributed by atoms with E-state index in [2.05, 4.69) is 211 Å². The van der Waals surface area contributed by atoms with E-state index in [1.165, 1.54) is 21.9 Å². The highest BCUT2D eigenvalue weighted by Crippen LogP contribution is 2.41. The van der Waals surface area contributed by atoms with E-state index in [4.69, 9.17) is 8.83 Å². The van der Waals surface area contributed by atoms with Gasteiger partial charge in [-0.3, -0.25) is 0 Å². The number of furan rings is 2. The molecule has 3 nitrogen and oxygen atoms in total. The van der Waals surface area contributed by atoms with Crippen LogP contribution in [0.1, 0.15) is 0 Å². The third-order valence-electron chi connectivity index (χ3n) is 12.1. The van der Waals surface area contributed by atoms with Crippen molar-refractivity contribution in [2.45, 2.75) is 0 Å². The molecule has 0 amide bonds. The number of rotatable bonds is 7. The van der Waals surface area contributed by atoms with Gasteiger partial charge in [-0.05, 0) is 116 Å². The van der Waals surface area contributed by atoms with Gasteiger partial charge in [0, 0.05) is 44.2 Å². The van der Waals surface area contributed by atoms with E-state index < -0.39 is 0 Å². The molecule has 3 heteroatoms. The van der Waals surface area contributed by atoms with Crippen LogP contribution in [0.25, 0.3) is 99.2 Å². The Hall–Kier alpha value is -8.14. The van der Waals surface area contributed by atoms with E-state index in [-0.39, 0.29) is 0 Å². The molecule has 12 aromatic rings. The molecule has 0 aliphatic rings. The molecule has 0 fully saturated rings. The van der Waals surface area contributed by atoms with Gasteiger partial charge in [0.15, 0.2) is 0 Å². The Morgan fingerprint density at radius 2 is 0.770 bits per heavy atom. The average molecular weight is 780 g/mol. The molecule has 61 heavy (non-hydrogen) atoms. The summed E-state index contributed by atoms with van der Waals surface area (Å²) in [6.07, 6.45) is 0. The second-order valence-corrected chi connectivity index (χ2v) is 15.7. The van der Waals surface area contributed by atoms with Crippen LogP contribution in [-0.4, -0.2) is 0 Å². The van der Waals surface area contributed by atoms with E-state index in [1.807, 2.05) is 18.2 Å². The first-order valence-electron chi connectivity index (χ1n) is 20.7. The molecule has 0 spiro atoms. The molecule has 0 unspecified atom stereocenters. The SMILES string of the molecule is c1ccc(-c2cccc3c2oc2ccc(-c4ccc(N(c5ccc(-c6ccc7c(c6)oc6ccccc67)cc5)c5ccc(-c6cccc7ccccc67)cc5)cc4)cc23)cc1. The van der Waals surface area contributed by atoms with Gasteiger partial charge < -0.3 is 13.7 Å². The molecule has 0 N–H and O–H groups in total. The Kier molecular flexibility index (Phi) is 8.17. The van der Waals surface area contributed by atoms with Crippen LogP contribution in [0.4, 0.5) is 17.1 Å². The van der Waals surface area contributed by atoms with Crippen LogP contribution in [0.3, 0.4) is 0 Å². The zero-order valence-corrected chi connectivity index (χ0v) is 33.1. The Morgan fingerprint density at radius 3 is 1.52 bits per heavy atom. The Balaban J connectivity index is 0.916. The second-order valence-electron chi connectivity index (χ2n) is 15.7. The second kappa shape index (κ2) is 14.3. The van der Waals surface area contributed by atoms with Crippen LogP contribution in [0, 0.1) is 0 Å². The molecule has 12 rings (SSSR count). The van der Waals surface area contributed by atoms with E-state index in [0.29, 0.717) is 0 Å². The number of anilines is 3. The minimum atomic E-state index is 0.887. The van der Waals surface area contributed by atoms with Crippen molar-refractivity contribution >= 4 is 71.7 Å². The van der Waals surface area contributed by atoms with Gasteiger partial charge in [-0.1, -0.05) is 158 Å². The van der Waals surface area contributed by atoms with Crippen molar-refractivity contribution in [2.24, 2.45) is 0 Å². The fourth-order valence-corrected chi connectivity index (χ4v) is 9.05. The maximum absolute atomic E-state index is 6.49. The van der Waals surface area contributed by atoms with Crippen LogP contribution in [0.2, 0.25) is 0 Å². The van der Waals surface area contributed by atoms with Crippen molar-refractivity contribution in [1.29, 1.82) is 0 Å². The van der Waals surface area contributed by atoms with Crippen LogP contribution in [0.5, 0.6) is 0 Å². The van der Waals surface area contributed by atoms with Gasteiger partial charge in [0.25, 0.3) is 0 Å². The third-order valence-corrected chi connectivity index (χ3v) is 12.1. The van der Waals surface area contributed by atoms with Gasteiger partial charge in [-0.25, -0.2) is 0 Å². The molecular formula is C58H37NO2. The summed E-state index contributed by atoms with van der Waals surface area (Å²) >= 11 is 0. The molecule has 0 aliphatic carbocycles. The molecule has 0 atom stereocenters. The first-order chi connectivity index (χ1) is 30.2. The molecular weight excluding hydrogens is 743 g/mol. The zero-order valence-electron chi connectivity index (χ0n) is 33.1. The van der Waals surface area contributed by atoms with Gasteiger partial charge in [0.1, 0.15) is 22.3 Å². The van der Waals surface area contributed by atoms with Gasteiger partial charge in [-0.15, -0.1) is 0 Å². The summed E-state index contributed by atoms with van der Waals surface area (Å²) in [5.41, 5.74) is 16.0. The highest BCUT2D eigenvalue weighted by Gasteiger charge is 2.17. The van der Waals surface area contributed by atoms with E-state index in [0.717, 1.165) is 94.3 Å². The lowest BCUT2D eigenvalue weighted by molar-refractivity contribution is 0.669. The third kappa shape index (κ3) is 6.06. The molecule has 0 bridgehead atoms. The largest absolute Gasteiger partial charge is 0.456 e. The monoisotopic (exact) mass is 779 g/mol. The molecule has 10 aromatic carbocycles. The number of nitrogens with zero attached hydrogens (tertiary/aromatic N) is 1. The van der Waals surface area contributed by atoms with Gasteiger partial charge in [0.2, 0.25) is 0 Å². The van der Waals surface area contributed by atoms with E-state index >= 15 is 0 Å². The normalized spacial score (nSPS) is 11.6. The molecule has 0 saturated carbocycles. The first-order valence-corrected chi connectivity index (χ1v) is 20.7. The maximum Gasteiger partial charge on any atom is 0.143 e. The summed E-state index contributed by atoms with van der Waals surface area (Å²) in [4.78, 5) is 2.33. The van der Waals surface area contributed by atoms with Crippen LogP contribution in [0.15, 0.2) is 233 Å². The van der Waals surface area contributed by atoms with Crippen molar-refractivity contribution < 1.29 is 8.83 Å². The summed E-state index contributed by atoms with van der Waals surface area (Å²) in [6, 6.07) is 79.9. The zero-order chi connectivity index (χ0) is 40.3. The Bertz CT molecular complexity index is 3560. The summed E-state index contributed by atoms with van der Waals surface area (Å²) in [6.45, 7) is 0. The topological polar surface area (TPSA) is 29.5 Å². The minimum Gasteiger partial charge on any atom is -0.456 e. The maximum atomic E-state index is 6.49. The molecule has 2 heterocycles.